The normalized spacial score (nSPS) is 10.0. The SMILES string of the molecule is COc1cc(OC)cc(-c2ccc(C(=O)O)nc2)c1. The summed E-state index contributed by atoms with van der Waals surface area (Å²) in [5.41, 5.74) is 1.65. The second-order valence-corrected chi connectivity index (χ2v) is 3.84. The van der Waals surface area contributed by atoms with E-state index in [0.717, 1.165) is 11.1 Å². The molecule has 2 aromatic rings. The molecule has 1 N–H and O–H groups in total. The lowest BCUT2D eigenvalue weighted by molar-refractivity contribution is 0.0690. The predicted molar refractivity (Wildman–Crippen MR) is 69.7 cm³/mol. The van der Waals surface area contributed by atoms with E-state index in [-0.39, 0.29) is 5.69 Å². The zero-order valence-electron chi connectivity index (χ0n) is 10.6. The summed E-state index contributed by atoms with van der Waals surface area (Å²) in [6.07, 6.45) is 1.51. The van der Waals surface area contributed by atoms with Gasteiger partial charge in [0, 0.05) is 17.8 Å². The number of pyridine rings is 1. The topological polar surface area (TPSA) is 68.7 Å². The predicted octanol–water partition coefficient (Wildman–Crippen LogP) is 2.46. The van der Waals surface area contributed by atoms with Crippen LogP contribution in [0.2, 0.25) is 0 Å². The van der Waals surface area contributed by atoms with Gasteiger partial charge in [0.1, 0.15) is 17.2 Å². The maximum atomic E-state index is 10.7. The van der Waals surface area contributed by atoms with Gasteiger partial charge in [0.05, 0.1) is 14.2 Å². The summed E-state index contributed by atoms with van der Waals surface area (Å²) >= 11 is 0. The van der Waals surface area contributed by atoms with Crippen molar-refractivity contribution >= 4 is 5.97 Å². The molecular formula is C14H13NO4. The Morgan fingerprint density at radius 3 is 2.11 bits per heavy atom. The van der Waals surface area contributed by atoms with Crippen molar-refractivity contribution in [1.82, 2.24) is 4.98 Å². The standard InChI is InChI=1S/C14H13NO4/c1-18-11-5-10(6-12(7-11)19-2)9-3-4-13(14(16)17)15-8-9/h3-8H,1-2H3,(H,16,17). The number of hydrogen-bond donors (Lipinski definition) is 1. The van der Waals surface area contributed by atoms with Gasteiger partial charge in [0.2, 0.25) is 0 Å². The first-order chi connectivity index (χ1) is 9.13. The monoisotopic (exact) mass is 259 g/mol. The lowest BCUT2D eigenvalue weighted by Crippen LogP contribution is -1.99. The molecule has 1 aromatic carbocycles. The summed E-state index contributed by atoms with van der Waals surface area (Å²) in [5, 5.41) is 8.81. The van der Waals surface area contributed by atoms with Crippen LogP contribution < -0.4 is 9.47 Å². The van der Waals surface area contributed by atoms with Crippen molar-refractivity contribution in [2.24, 2.45) is 0 Å². The summed E-state index contributed by atoms with van der Waals surface area (Å²) in [4.78, 5) is 14.6. The van der Waals surface area contributed by atoms with Gasteiger partial charge in [-0.25, -0.2) is 9.78 Å². The molecule has 0 fully saturated rings. The number of nitrogens with zero attached hydrogens (tertiary/aromatic N) is 1. The average Bonchev–Trinajstić information content (AvgIpc) is 2.46. The van der Waals surface area contributed by atoms with E-state index in [2.05, 4.69) is 4.98 Å². The average molecular weight is 259 g/mol. The highest BCUT2D eigenvalue weighted by molar-refractivity contribution is 5.85. The molecule has 0 saturated carbocycles. The van der Waals surface area contributed by atoms with E-state index < -0.39 is 5.97 Å². The first-order valence-electron chi connectivity index (χ1n) is 5.57. The molecule has 0 saturated heterocycles. The summed E-state index contributed by atoms with van der Waals surface area (Å²) in [6, 6.07) is 8.59. The molecule has 1 heterocycles. The van der Waals surface area contributed by atoms with Gasteiger partial charge < -0.3 is 14.6 Å². The Morgan fingerprint density at radius 1 is 1.05 bits per heavy atom. The summed E-state index contributed by atoms with van der Waals surface area (Å²) in [5.74, 6) is 0.281. The number of carboxylic acids is 1. The van der Waals surface area contributed by atoms with Gasteiger partial charge >= 0.3 is 5.97 Å². The molecule has 5 nitrogen and oxygen atoms in total. The van der Waals surface area contributed by atoms with E-state index in [1.165, 1.54) is 12.3 Å². The number of benzene rings is 1. The zero-order valence-corrected chi connectivity index (χ0v) is 10.6. The third-order valence-electron chi connectivity index (χ3n) is 2.67. The van der Waals surface area contributed by atoms with Crippen LogP contribution in [0.1, 0.15) is 10.5 Å². The van der Waals surface area contributed by atoms with Crippen LogP contribution in [0.5, 0.6) is 11.5 Å². The maximum absolute atomic E-state index is 10.7. The van der Waals surface area contributed by atoms with Crippen molar-refractivity contribution in [2.75, 3.05) is 14.2 Å². The first-order valence-corrected chi connectivity index (χ1v) is 5.57. The van der Waals surface area contributed by atoms with E-state index in [0.29, 0.717) is 11.5 Å². The molecule has 98 valence electrons. The molecule has 0 bridgehead atoms. The zero-order chi connectivity index (χ0) is 13.8. The smallest absolute Gasteiger partial charge is 0.354 e. The number of carbonyl (C=O) groups is 1. The fourth-order valence-electron chi connectivity index (χ4n) is 1.67. The summed E-state index contributed by atoms with van der Waals surface area (Å²) < 4.78 is 10.4. The van der Waals surface area contributed by atoms with Crippen LogP contribution in [0, 0.1) is 0 Å². The molecule has 19 heavy (non-hydrogen) atoms. The van der Waals surface area contributed by atoms with Crippen LogP contribution >= 0.6 is 0 Å². The molecule has 0 aliphatic rings. The fraction of sp³-hybridized carbons (Fsp3) is 0.143. The van der Waals surface area contributed by atoms with Gasteiger partial charge in [-0.2, -0.15) is 0 Å². The number of methoxy groups -OCH3 is 2. The number of aromatic nitrogens is 1. The second-order valence-electron chi connectivity index (χ2n) is 3.84. The third-order valence-corrected chi connectivity index (χ3v) is 2.67. The molecule has 2 rings (SSSR count). The van der Waals surface area contributed by atoms with Crippen molar-refractivity contribution < 1.29 is 19.4 Å². The molecule has 0 amide bonds. The Labute approximate surface area is 110 Å². The Bertz CT molecular complexity index is 571. The van der Waals surface area contributed by atoms with Gasteiger partial charge in [-0.1, -0.05) is 6.07 Å². The molecule has 0 aliphatic heterocycles. The minimum absolute atomic E-state index is 0.0126. The highest BCUT2D eigenvalue weighted by Gasteiger charge is 2.07. The lowest BCUT2D eigenvalue weighted by atomic mass is 10.1. The largest absolute Gasteiger partial charge is 0.497 e. The van der Waals surface area contributed by atoms with Crippen LogP contribution in [0.3, 0.4) is 0 Å². The van der Waals surface area contributed by atoms with Crippen LogP contribution in [0.4, 0.5) is 0 Å². The highest BCUT2D eigenvalue weighted by Crippen LogP contribution is 2.29. The van der Waals surface area contributed by atoms with Gasteiger partial charge in [-0.05, 0) is 23.8 Å². The number of carboxylic acid groups (broad SMARTS) is 1. The van der Waals surface area contributed by atoms with Crippen molar-refractivity contribution in [3.8, 4) is 22.6 Å². The number of aromatic carboxylic acids is 1. The van der Waals surface area contributed by atoms with Gasteiger partial charge in [-0.3, -0.25) is 0 Å². The molecule has 0 atom stereocenters. The maximum Gasteiger partial charge on any atom is 0.354 e. The van der Waals surface area contributed by atoms with Crippen molar-refractivity contribution in [3.63, 3.8) is 0 Å². The fourth-order valence-corrected chi connectivity index (χ4v) is 1.67. The molecule has 5 heteroatoms. The Hall–Kier alpha value is -2.56. The Kier molecular flexibility index (Phi) is 3.66. The number of rotatable bonds is 4. The molecule has 1 aromatic heterocycles. The summed E-state index contributed by atoms with van der Waals surface area (Å²) in [7, 11) is 3.15. The van der Waals surface area contributed by atoms with E-state index in [1.807, 2.05) is 12.1 Å². The van der Waals surface area contributed by atoms with Crippen LogP contribution in [-0.4, -0.2) is 30.3 Å². The van der Waals surface area contributed by atoms with Gasteiger partial charge in [0.25, 0.3) is 0 Å². The lowest BCUT2D eigenvalue weighted by Gasteiger charge is -2.08. The molecule has 0 radical (unpaired) electrons. The molecule has 0 unspecified atom stereocenters. The number of hydrogen-bond acceptors (Lipinski definition) is 4. The third kappa shape index (κ3) is 2.82. The molecule has 0 aliphatic carbocycles. The van der Waals surface area contributed by atoms with Crippen LogP contribution in [-0.2, 0) is 0 Å². The van der Waals surface area contributed by atoms with E-state index in [9.17, 15) is 4.79 Å². The molecular weight excluding hydrogens is 246 g/mol. The molecule has 0 spiro atoms. The van der Waals surface area contributed by atoms with Crippen molar-refractivity contribution in [1.29, 1.82) is 0 Å². The van der Waals surface area contributed by atoms with E-state index in [1.54, 1.807) is 26.4 Å². The minimum Gasteiger partial charge on any atom is -0.497 e. The van der Waals surface area contributed by atoms with Crippen molar-refractivity contribution in [2.45, 2.75) is 0 Å². The van der Waals surface area contributed by atoms with E-state index >= 15 is 0 Å². The highest BCUT2D eigenvalue weighted by atomic mass is 16.5. The van der Waals surface area contributed by atoms with Crippen LogP contribution in [0.25, 0.3) is 11.1 Å². The Morgan fingerprint density at radius 2 is 1.68 bits per heavy atom. The second kappa shape index (κ2) is 5.39. The van der Waals surface area contributed by atoms with Gasteiger partial charge in [0.15, 0.2) is 0 Å². The van der Waals surface area contributed by atoms with Crippen molar-refractivity contribution in [3.05, 3.63) is 42.2 Å². The first kappa shape index (κ1) is 12.9. The Balaban J connectivity index is 2.42. The quantitative estimate of drug-likeness (QED) is 0.913. The van der Waals surface area contributed by atoms with Crippen LogP contribution in [0.15, 0.2) is 36.5 Å². The summed E-state index contributed by atoms with van der Waals surface area (Å²) in [6.45, 7) is 0. The van der Waals surface area contributed by atoms with E-state index in [4.69, 9.17) is 14.6 Å². The number of ether oxygens (including phenoxy) is 2. The van der Waals surface area contributed by atoms with Gasteiger partial charge in [-0.15, -0.1) is 0 Å². The minimum atomic E-state index is -1.05.